The Morgan fingerprint density at radius 3 is 2.80 bits per heavy atom. The maximum Gasteiger partial charge on any atom is 0.226 e. The minimum atomic E-state index is -0.0355. The lowest BCUT2D eigenvalue weighted by Gasteiger charge is -2.26. The number of amides is 1. The molecule has 0 aromatic carbocycles. The number of carbonyl (C=O) groups is 1. The van der Waals surface area contributed by atoms with Crippen LogP contribution in [0.25, 0.3) is 0 Å². The summed E-state index contributed by atoms with van der Waals surface area (Å²) in [6.07, 6.45) is 3.14. The number of rotatable bonds is 4. The Morgan fingerprint density at radius 2 is 2.33 bits per heavy atom. The molecule has 0 saturated carbocycles. The summed E-state index contributed by atoms with van der Waals surface area (Å²) in [6.45, 7) is 2.09. The van der Waals surface area contributed by atoms with Crippen molar-refractivity contribution in [3.8, 4) is 0 Å². The molecule has 1 saturated heterocycles. The first-order valence-electron chi connectivity index (χ1n) is 5.64. The Hall–Kier alpha value is -0.610. The molecular weight excluding hydrogens is 192 g/mol. The highest BCUT2D eigenvalue weighted by atomic mass is 16.5. The average molecular weight is 214 g/mol. The van der Waals surface area contributed by atoms with Crippen molar-refractivity contribution in [2.45, 2.75) is 19.3 Å². The summed E-state index contributed by atoms with van der Waals surface area (Å²) in [5.41, 5.74) is 5.64. The van der Waals surface area contributed by atoms with Gasteiger partial charge < -0.3 is 15.4 Å². The largest absolute Gasteiger partial charge is 0.381 e. The Morgan fingerprint density at radius 1 is 1.60 bits per heavy atom. The van der Waals surface area contributed by atoms with E-state index in [4.69, 9.17) is 10.5 Å². The first-order chi connectivity index (χ1) is 7.15. The molecule has 1 aliphatic rings. The zero-order valence-corrected chi connectivity index (χ0v) is 9.74. The summed E-state index contributed by atoms with van der Waals surface area (Å²) in [5.74, 6) is 0.617. The minimum Gasteiger partial charge on any atom is -0.381 e. The molecule has 1 rings (SSSR count). The van der Waals surface area contributed by atoms with Gasteiger partial charge in [0.1, 0.15) is 0 Å². The van der Waals surface area contributed by atoms with Gasteiger partial charge in [0.05, 0.1) is 5.92 Å². The molecule has 1 amide bonds. The monoisotopic (exact) mass is 214 g/mol. The van der Waals surface area contributed by atoms with E-state index >= 15 is 0 Å². The first kappa shape index (κ1) is 12.5. The van der Waals surface area contributed by atoms with Gasteiger partial charge in [-0.25, -0.2) is 0 Å². The summed E-state index contributed by atoms with van der Waals surface area (Å²) >= 11 is 0. The summed E-state index contributed by atoms with van der Waals surface area (Å²) in [4.78, 5) is 13.4. The van der Waals surface area contributed by atoms with Crippen molar-refractivity contribution in [2.75, 3.05) is 33.9 Å². The van der Waals surface area contributed by atoms with E-state index < -0.39 is 0 Å². The summed E-state index contributed by atoms with van der Waals surface area (Å²) in [6, 6.07) is 0. The van der Waals surface area contributed by atoms with Crippen LogP contribution in [0.5, 0.6) is 0 Å². The van der Waals surface area contributed by atoms with E-state index in [1.54, 1.807) is 19.0 Å². The molecule has 0 aromatic rings. The summed E-state index contributed by atoms with van der Waals surface area (Å²) < 4.78 is 5.40. The van der Waals surface area contributed by atoms with Crippen molar-refractivity contribution in [1.82, 2.24) is 4.90 Å². The second-order valence-corrected chi connectivity index (χ2v) is 4.48. The van der Waals surface area contributed by atoms with Crippen LogP contribution >= 0.6 is 0 Å². The van der Waals surface area contributed by atoms with Crippen LogP contribution in [-0.4, -0.2) is 44.7 Å². The van der Waals surface area contributed by atoms with Crippen LogP contribution < -0.4 is 5.73 Å². The number of carbonyl (C=O) groups excluding carboxylic acids is 1. The van der Waals surface area contributed by atoms with Gasteiger partial charge in [0.15, 0.2) is 0 Å². The van der Waals surface area contributed by atoms with Crippen LogP contribution in [0.2, 0.25) is 0 Å². The van der Waals surface area contributed by atoms with E-state index in [0.717, 1.165) is 32.5 Å². The average Bonchev–Trinajstić information content (AvgIpc) is 2.26. The number of hydrogen-bond donors (Lipinski definition) is 1. The molecule has 0 bridgehead atoms. The third-order valence-electron chi connectivity index (χ3n) is 2.95. The molecule has 1 fully saturated rings. The topological polar surface area (TPSA) is 55.6 Å². The van der Waals surface area contributed by atoms with Gasteiger partial charge in [-0.2, -0.15) is 0 Å². The first-order valence-corrected chi connectivity index (χ1v) is 5.64. The second-order valence-electron chi connectivity index (χ2n) is 4.48. The van der Waals surface area contributed by atoms with E-state index in [0.29, 0.717) is 12.5 Å². The molecule has 4 nitrogen and oxygen atoms in total. The molecule has 0 spiro atoms. The fourth-order valence-corrected chi connectivity index (χ4v) is 2.06. The van der Waals surface area contributed by atoms with Crippen LogP contribution in [0, 0.1) is 11.8 Å². The predicted molar refractivity (Wildman–Crippen MR) is 59.4 cm³/mol. The quantitative estimate of drug-likeness (QED) is 0.740. The van der Waals surface area contributed by atoms with Gasteiger partial charge in [0, 0.05) is 33.9 Å². The van der Waals surface area contributed by atoms with Gasteiger partial charge in [0.25, 0.3) is 0 Å². The van der Waals surface area contributed by atoms with Crippen LogP contribution in [0.4, 0.5) is 0 Å². The van der Waals surface area contributed by atoms with Crippen molar-refractivity contribution in [1.29, 1.82) is 0 Å². The highest BCUT2D eigenvalue weighted by molar-refractivity contribution is 5.78. The van der Waals surface area contributed by atoms with Gasteiger partial charge in [-0.15, -0.1) is 0 Å². The lowest BCUT2D eigenvalue weighted by Crippen LogP contribution is -2.36. The molecule has 4 heteroatoms. The minimum absolute atomic E-state index is 0.0355. The summed E-state index contributed by atoms with van der Waals surface area (Å²) in [7, 11) is 3.56. The lowest BCUT2D eigenvalue weighted by atomic mass is 9.90. The van der Waals surface area contributed by atoms with Crippen molar-refractivity contribution in [3.05, 3.63) is 0 Å². The van der Waals surface area contributed by atoms with Crippen molar-refractivity contribution in [2.24, 2.45) is 17.6 Å². The van der Waals surface area contributed by atoms with Gasteiger partial charge in [-0.05, 0) is 25.2 Å². The Kier molecular flexibility index (Phi) is 5.05. The van der Waals surface area contributed by atoms with Crippen LogP contribution in [-0.2, 0) is 9.53 Å². The standard InChI is InChI=1S/C11H22N2O2/c1-13(2)11(14)10(7-12)6-9-4-3-5-15-8-9/h9-10H,3-8,12H2,1-2H3. The number of hydrogen-bond acceptors (Lipinski definition) is 3. The fourth-order valence-electron chi connectivity index (χ4n) is 2.06. The molecule has 0 aliphatic carbocycles. The fraction of sp³-hybridized carbons (Fsp3) is 0.909. The van der Waals surface area contributed by atoms with E-state index in [2.05, 4.69) is 0 Å². The molecule has 1 aliphatic heterocycles. The van der Waals surface area contributed by atoms with Gasteiger partial charge in [0.2, 0.25) is 5.91 Å². The van der Waals surface area contributed by atoms with Crippen LogP contribution in [0.3, 0.4) is 0 Å². The Balaban J connectivity index is 2.41. The molecule has 88 valence electrons. The molecule has 0 aromatic heterocycles. The van der Waals surface area contributed by atoms with Crippen molar-refractivity contribution < 1.29 is 9.53 Å². The van der Waals surface area contributed by atoms with Gasteiger partial charge in [-0.3, -0.25) is 4.79 Å². The SMILES string of the molecule is CN(C)C(=O)C(CN)CC1CCCOC1. The predicted octanol–water partition coefficient (Wildman–Crippen LogP) is 0.466. The van der Waals surface area contributed by atoms with E-state index in [1.165, 1.54) is 0 Å². The molecule has 2 N–H and O–H groups in total. The summed E-state index contributed by atoms with van der Waals surface area (Å²) in [5, 5.41) is 0. The molecule has 2 unspecified atom stereocenters. The second kappa shape index (κ2) is 6.08. The van der Waals surface area contributed by atoms with Crippen molar-refractivity contribution >= 4 is 5.91 Å². The van der Waals surface area contributed by atoms with E-state index in [1.807, 2.05) is 0 Å². The van der Waals surface area contributed by atoms with Crippen LogP contribution in [0.1, 0.15) is 19.3 Å². The maximum absolute atomic E-state index is 11.8. The van der Waals surface area contributed by atoms with Crippen LogP contribution in [0.15, 0.2) is 0 Å². The third-order valence-corrected chi connectivity index (χ3v) is 2.95. The zero-order valence-electron chi connectivity index (χ0n) is 9.74. The zero-order chi connectivity index (χ0) is 11.3. The molecule has 15 heavy (non-hydrogen) atoms. The number of nitrogens with two attached hydrogens (primary N) is 1. The number of ether oxygens (including phenoxy) is 1. The number of nitrogens with zero attached hydrogens (tertiary/aromatic N) is 1. The third kappa shape index (κ3) is 3.80. The van der Waals surface area contributed by atoms with Crippen molar-refractivity contribution in [3.63, 3.8) is 0 Å². The van der Waals surface area contributed by atoms with Gasteiger partial charge >= 0.3 is 0 Å². The molecule has 2 atom stereocenters. The molecule has 1 heterocycles. The molecule has 0 radical (unpaired) electrons. The van der Waals surface area contributed by atoms with E-state index in [-0.39, 0.29) is 11.8 Å². The maximum atomic E-state index is 11.8. The Bertz CT molecular complexity index is 201. The smallest absolute Gasteiger partial charge is 0.226 e. The highest BCUT2D eigenvalue weighted by Gasteiger charge is 2.24. The van der Waals surface area contributed by atoms with Gasteiger partial charge in [-0.1, -0.05) is 0 Å². The van der Waals surface area contributed by atoms with E-state index in [9.17, 15) is 4.79 Å². The highest BCUT2D eigenvalue weighted by Crippen LogP contribution is 2.22. The molecular formula is C11H22N2O2. The normalized spacial score (nSPS) is 23.5. The Labute approximate surface area is 91.8 Å². The lowest BCUT2D eigenvalue weighted by molar-refractivity contribution is -0.133.